The van der Waals surface area contributed by atoms with Crippen molar-refractivity contribution in [3.8, 4) is 22.9 Å². The average molecular weight is 686 g/mol. The van der Waals surface area contributed by atoms with Gasteiger partial charge in [-0.2, -0.15) is 4.80 Å². The quantitative estimate of drug-likeness (QED) is 0.310. The summed E-state index contributed by atoms with van der Waals surface area (Å²) in [6.07, 6.45) is 6.84. The lowest BCUT2D eigenvalue weighted by molar-refractivity contribution is -0.145. The Morgan fingerprint density at radius 3 is 2.48 bits per heavy atom. The number of fused-ring (bicyclic) bond motifs is 2. The molecule has 264 valence electrons. The van der Waals surface area contributed by atoms with E-state index in [4.69, 9.17) is 9.47 Å². The molecular weight excluding hydrogens is 642 g/mol. The minimum absolute atomic E-state index is 0.0481. The van der Waals surface area contributed by atoms with Crippen molar-refractivity contribution in [1.82, 2.24) is 35.7 Å². The molecule has 50 heavy (non-hydrogen) atoms. The number of para-hydroxylation sites is 1. The molecule has 1 saturated carbocycles. The number of alkyl carbamates (subject to hydrolysis) is 1. The molecule has 2 aliphatic heterocycles. The third kappa shape index (κ3) is 7.95. The Hall–Kier alpha value is -5.27. The van der Waals surface area contributed by atoms with Gasteiger partial charge in [0.1, 0.15) is 34.7 Å². The van der Waals surface area contributed by atoms with Crippen molar-refractivity contribution in [2.24, 2.45) is 5.92 Å². The van der Waals surface area contributed by atoms with Crippen LogP contribution in [-0.4, -0.2) is 83.9 Å². The summed E-state index contributed by atoms with van der Waals surface area (Å²) in [7, 11) is 0. The number of carbonyl (C=O) groups is 4. The van der Waals surface area contributed by atoms with Crippen LogP contribution in [0.5, 0.6) is 11.5 Å². The Morgan fingerprint density at radius 1 is 1.02 bits per heavy atom. The summed E-state index contributed by atoms with van der Waals surface area (Å²) in [6, 6.07) is 14.1. The number of carboxylic acids is 1. The van der Waals surface area contributed by atoms with Crippen molar-refractivity contribution in [3.05, 3.63) is 66.7 Å². The van der Waals surface area contributed by atoms with E-state index in [1.165, 1.54) is 9.70 Å². The number of amides is 3. The molecule has 0 bridgehead atoms. The van der Waals surface area contributed by atoms with Gasteiger partial charge < -0.3 is 30.1 Å². The summed E-state index contributed by atoms with van der Waals surface area (Å²) in [5.74, 6) is -0.821. The fourth-order valence-electron chi connectivity index (χ4n) is 6.49. The second-order valence-electron chi connectivity index (χ2n) is 14.1. The number of hydrogen-bond acceptors (Lipinski definition) is 9. The van der Waals surface area contributed by atoms with Crippen molar-refractivity contribution < 1.29 is 33.8 Å². The number of aromatic nitrogens is 4. The Balaban J connectivity index is 1.24. The van der Waals surface area contributed by atoms with E-state index in [2.05, 4.69) is 26.0 Å². The van der Waals surface area contributed by atoms with Crippen molar-refractivity contribution in [1.29, 1.82) is 0 Å². The Kier molecular flexibility index (Phi) is 9.89. The van der Waals surface area contributed by atoms with Gasteiger partial charge in [-0.1, -0.05) is 43.2 Å². The highest BCUT2D eigenvalue weighted by atomic mass is 16.6. The van der Waals surface area contributed by atoms with Gasteiger partial charge in [0, 0.05) is 24.4 Å². The first-order chi connectivity index (χ1) is 23.9. The summed E-state index contributed by atoms with van der Waals surface area (Å²) in [5.41, 5.74) is -1.53. The van der Waals surface area contributed by atoms with Crippen LogP contribution in [0.15, 0.2) is 66.7 Å². The predicted octanol–water partition coefficient (Wildman–Crippen LogP) is 4.65. The number of nitrogens with zero attached hydrogens (tertiary/aromatic N) is 5. The molecule has 6 rings (SSSR count). The second-order valence-corrected chi connectivity index (χ2v) is 14.1. The zero-order chi connectivity index (χ0) is 35.5. The first kappa shape index (κ1) is 34.6. The number of hydrogen-bond donors (Lipinski definition) is 3. The molecule has 3 aliphatic rings. The van der Waals surface area contributed by atoms with E-state index in [0.717, 1.165) is 19.3 Å². The molecule has 3 amide bonds. The summed E-state index contributed by atoms with van der Waals surface area (Å²) in [6.45, 7) is 5.25. The van der Waals surface area contributed by atoms with Crippen LogP contribution < -0.4 is 15.4 Å². The number of ether oxygens (including phenoxy) is 2. The van der Waals surface area contributed by atoms with E-state index >= 15 is 0 Å². The first-order valence-electron chi connectivity index (χ1n) is 17.1. The zero-order valence-electron chi connectivity index (χ0n) is 28.4. The van der Waals surface area contributed by atoms with Crippen LogP contribution >= 0.6 is 0 Å². The smallest absolute Gasteiger partial charge is 0.408 e. The fourth-order valence-corrected chi connectivity index (χ4v) is 6.49. The first-order valence-corrected chi connectivity index (χ1v) is 17.1. The van der Waals surface area contributed by atoms with Gasteiger partial charge in [-0.15, -0.1) is 10.2 Å². The van der Waals surface area contributed by atoms with Crippen LogP contribution in [0.3, 0.4) is 0 Å². The van der Waals surface area contributed by atoms with Crippen LogP contribution in [0, 0.1) is 5.92 Å². The number of benzene rings is 2. The van der Waals surface area contributed by atoms with Crippen LogP contribution in [0.2, 0.25) is 0 Å². The third-order valence-electron chi connectivity index (χ3n) is 9.17. The van der Waals surface area contributed by atoms with Gasteiger partial charge in [0.05, 0.1) is 6.04 Å². The molecule has 0 spiro atoms. The molecule has 0 radical (unpaired) electrons. The van der Waals surface area contributed by atoms with Gasteiger partial charge in [-0.3, -0.25) is 9.59 Å². The maximum atomic E-state index is 14.3. The number of carbonyl (C=O) groups excluding carboxylic acids is 3. The molecule has 1 saturated heterocycles. The minimum Gasteiger partial charge on any atom is -0.479 e. The SMILES string of the molecule is CC(C)(C)OC(=O)N[C@H]1CCCCC/C=C\[C@@H]2C[C@]2(C(=O)O)NC(=O)[C@@H]2C[C@H](n3nnc(-c4ccc(Oc5ccccc5)cc4)n3)CN2C1=O. The number of allylic oxidation sites excluding steroid dienone is 1. The van der Waals surface area contributed by atoms with Gasteiger partial charge >= 0.3 is 12.1 Å². The van der Waals surface area contributed by atoms with Crippen molar-refractivity contribution in [2.45, 2.75) is 95.0 Å². The highest BCUT2D eigenvalue weighted by molar-refractivity contribution is 5.96. The Bertz CT molecular complexity index is 1740. The fraction of sp³-hybridized carbons (Fsp3) is 0.472. The number of carboxylic acid groups (broad SMARTS) is 1. The van der Waals surface area contributed by atoms with Crippen LogP contribution in [0.4, 0.5) is 4.79 Å². The maximum Gasteiger partial charge on any atom is 0.408 e. The number of tetrazole rings is 1. The van der Waals surface area contributed by atoms with Gasteiger partial charge in [-0.25, -0.2) is 9.59 Å². The molecule has 3 aromatic rings. The number of aliphatic carboxylic acids is 1. The molecule has 1 aromatic heterocycles. The van der Waals surface area contributed by atoms with Crippen LogP contribution in [-0.2, 0) is 19.1 Å². The standard InChI is InChI=1S/C36H43N7O7/c1-35(2,3)50-34(48)37-28-15-11-6-4-5-8-12-24-21-36(24,33(46)47)38-31(44)29-20-25(22-42(29)32(28)45)43-40-30(39-41-43)23-16-18-27(19-17-23)49-26-13-9-7-10-14-26/h7-10,12-14,16-19,24-25,28-29H,4-6,11,15,20-22H2,1-3H3,(H,37,48)(H,38,44)(H,46,47)/b12-8-/t24-,25+,28+,29+,36+/m1/s1. The third-order valence-corrected chi connectivity index (χ3v) is 9.17. The lowest BCUT2D eigenvalue weighted by atomic mass is 10.0. The van der Waals surface area contributed by atoms with Crippen molar-refractivity contribution in [2.75, 3.05) is 6.54 Å². The van der Waals surface area contributed by atoms with Crippen molar-refractivity contribution >= 4 is 23.9 Å². The molecule has 1 aliphatic carbocycles. The zero-order valence-corrected chi connectivity index (χ0v) is 28.4. The molecule has 5 atom stereocenters. The lowest BCUT2D eigenvalue weighted by Gasteiger charge is -2.30. The highest BCUT2D eigenvalue weighted by Gasteiger charge is 2.61. The molecule has 3 N–H and O–H groups in total. The second kappa shape index (κ2) is 14.3. The molecule has 0 unspecified atom stereocenters. The van der Waals surface area contributed by atoms with E-state index in [0.29, 0.717) is 35.7 Å². The van der Waals surface area contributed by atoms with Gasteiger partial charge in [0.2, 0.25) is 17.6 Å². The molecular formula is C36H43N7O7. The monoisotopic (exact) mass is 685 g/mol. The summed E-state index contributed by atoms with van der Waals surface area (Å²) in [4.78, 5) is 56.2. The van der Waals surface area contributed by atoms with Gasteiger partial charge in [-0.05, 0) is 88.1 Å². The Labute approximate surface area is 290 Å². The maximum absolute atomic E-state index is 14.3. The largest absolute Gasteiger partial charge is 0.479 e. The molecule has 14 heteroatoms. The van der Waals surface area contributed by atoms with Crippen LogP contribution in [0.25, 0.3) is 11.4 Å². The summed E-state index contributed by atoms with van der Waals surface area (Å²) >= 11 is 0. The Morgan fingerprint density at radius 2 is 1.76 bits per heavy atom. The number of nitrogens with one attached hydrogen (secondary N) is 2. The molecule has 14 nitrogen and oxygen atoms in total. The highest BCUT2D eigenvalue weighted by Crippen LogP contribution is 2.45. The van der Waals surface area contributed by atoms with E-state index in [-0.39, 0.29) is 25.3 Å². The van der Waals surface area contributed by atoms with E-state index in [1.807, 2.05) is 54.6 Å². The number of rotatable bonds is 6. The normalized spacial score (nSPS) is 26.3. The summed E-state index contributed by atoms with van der Waals surface area (Å²) < 4.78 is 11.3. The average Bonchev–Trinajstić information content (AvgIpc) is 3.37. The van der Waals surface area contributed by atoms with Gasteiger partial charge in [0.25, 0.3) is 0 Å². The topological polar surface area (TPSA) is 178 Å². The predicted molar refractivity (Wildman–Crippen MR) is 181 cm³/mol. The molecule has 2 fully saturated rings. The van der Waals surface area contributed by atoms with Gasteiger partial charge in [0.15, 0.2) is 0 Å². The van der Waals surface area contributed by atoms with E-state index in [9.17, 15) is 24.3 Å². The lowest BCUT2D eigenvalue weighted by Crippen LogP contribution is -2.56. The van der Waals surface area contributed by atoms with E-state index in [1.54, 1.807) is 32.9 Å². The van der Waals surface area contributed by atoms with Crippen molar-refractivity contribution in [3.63, 3.8) is 0 Å². The minimum atomic E-state index is -1.44. The van der Waals surface area contributed by atoms with E-state index < -0.39 is 53.1 Å². The molecule has 3 heterocycles. The van der Waals surface area contributed by atoms with Crippen LogP contribution in [0.1, 0.15) is 71.8 Å². The molecule has 2 aromatic carbocycles. The summed E-state index contributed by atoms with van der Waals surface area (Å²) in [5, 5.41) is 28.8.